The molecule has 1 aromatic heterocycles. The molecule has 7 heteroatoms. The van der Waals surface area contributed by atoms with Crippen molar-refractivity contribution >= 4 is 27.4 Å². The van der Waals surface area contributed by atoms with Crippen LogP contribution >= 0.6 is 11.6 Å². The Labute approximate surface area is 99.5 Å². The van der Waals surface area contributed by atoms with Gasteiger partial charge < -0.3 is 0 Å². The Morgan fingerprint density at radius 1 is 1.56 bits per heavy atom. The lowest BCUT2D eigenvalue weighted by Gasteiger charge is -2.20. The molecule has 1 aromatic rings. The molecular formula is C9H12ClN3O2S. The van der Waals surface area contributed by atoms with Crippen molar-refractivity contribution in [2.45, 2.75) is 12.8 Å². The van der Waals surface area contributed by atoms with Gasteiger partial charge in [-0.3, -0.25) is 4.31 Å². The molecule has 0 amide bonds. The first-order chi connectivity index (χ1) is 7.47. The number of halogens is 1. The van der Waals surface area contributed by atoms with Crippen molar-refractivity contribution < 1.29 is 8.42 Å². The molecule has 0 radical (unpaired) electrons. The zero-order valence-electron chi connectivity index (χ0n) is 8.80. The van der Waals surface area contributed by atoms with Crippen LogP contribution in [0.15, 0.2) is 12.3 Å². The second-order valence-electron chi connectivity index (χ2n) is 3.92. The summed E-state index contributed by atoms with van der Waals surface area (Å²) < 4.78 is 24.5. The minimum atomic E-state index is -3.31. The van der Waals surface area contributed by atoms with E-state index in [1.165, 1.54) is 16.8 Å². The first kappa shape index (κ1) is 11.6. The smallest absolute Gasteiger partial charge is 0.233 e. The lowest BCUT2D eigenvalue weighted by molar-refractivity contribution is 0.593. The molecule has 0 unspecified atom stereocenters. The van der Waals surface area contributed by atoms with E-state index in [2.05, 4.69) is 9.97 Å². The number of anilines is 1. The Balaban J connectivity index is 2.30. The highest BCUT2D eigenvalue weighted by Crippen LogP contribution is 2.32. The van der Waals surface area contributed by atoms with Crippen molar-refractivity contribution in [3.8, 4) is 0 Å². The van der Waals surface area contributed by atoms with Crippen molar-refractivity contribution in [1.29, 1.82) is 0 Å². The fraction of sp³-hybridized carbons (Fsp3) is 0.556. The number of hydrogen-bond acceptors (Lipinski definition) is 4. The van der Waals surface area contributed by atoms with Gasteiger partial charge in [-0.2, -0.15) is 4.98 Å². The summed E-state index contributed by atoms with van der Waals surface area (Å²) in [7, 11) is -3.31. The van der Waals surface area contributed by atoms with E-state index in [-0.39, 0.29) is 5.28 Å². The average molecular weight is 262 g/mol. The molecule has 1 heterocycles. The summed E-state index contributed by atoms with van der Waals surface area (Å²) in [6.45, 7) is 0.478. The monoisotopic (exact) mass is 261 g/mol. The second-order valence-corrected chi connectivity index (χ2v) is 6.17. The van der Waals surface area contributed by atoms with Crippen LogP contribution in [0.25, 0.3) is 0 Å². The van der Waals surface area contributed by atoms with Gasteiger partial charge in [0.1, 0.15) is 5.82 Å². The van der Waals surface area contributed by atoms with E-state index in [4.69, 9.17) is 11.6 Å². The topological polar surface area (TPSA) is 63.2 Å². The first-order valence-electron chi connectivity index (χ1n) is 4.93. The zero-order chi connectivity index (χ0) is 11.8. The Kier molecular flexibility index (Phi) is 3.03. The standard InChI is InChI=1S/C9H12ClN3O2S/c1-16(14,15)13(6-7-2-3-7)8-4-5-11-9(10)12-8/h4-5,7H,2-3,6H2,1H3. The fourth-order valence-electron chi connectivity index (χ4n) is 1.40. The molecule has 0 spiro atoms. The molecule has 0 saturated heterocycles. The van der Waals surface area contributed by atoms with E-state index in [0.29, 0.717) is 18.3 Å². The summed E-state index contributed by atoms with van der Waals surface area (Å²) >= 11 is 5.65. The Hall–Kier alpha value is -0.880. The van der Waals surface area contributed by atoms with Crippen LogP contribution in [-0.2, 0) is 10.0 Å². The van der Waals surface area contributed by atoms with Gasteiger partial charge in [-0.05, 0) is 30.4 Å². The molecule has 88 valence electrons. The van der Waals surface area contributed by atoms with Crippen molar-refractivity contribution in [3.63, 3.8) is 0 Å². The van der Waals surface area contributed by atoms with Crippen molar-refractivity contribution in [3.05, 3.63) is 17.5 Å². The molecule has 0 N–H and O–H groups in total. The number of sulfonamides is 1. The van der Waals surface area contributed by atoms with Crippen molar-refractivity contribution in [1.82, 2.24) is 9.97 Å². The zero-order valence-corrected chi connectivity index (χ0v) is 10.4. The van der Waals surface area contributed by atoms with Gasteiger partial charge in [0.2, 0.25) is 15.3 Å². The molecule has 0 bridgehead atoms. The van der Waals surface area contributed by atoms with Gasteiger partial charge in [-0.15, -0.1) is 0 Å². The third-order valence-corrected chi connectivity index (χ3v) is 3.71. The van der Waals surface area contributed by atoms with Crippen LogP contribution in [0.1, 0.15) is 12.8 Å². The summed E-state index contributed by atoms with van der Waals surface area (Å²) in [5.41, 5.74) is 0. The van der Waals surface area contributed by atoms with E-state index < -0.39 is 10.0 Å². The molecule has 0 atom stereocenters. The van der Waals surface area contributed by atoms with Crippen molar-refractivity contribution in [2.24, 2.45) is 5.92 Å². The molecule has 1 fully saturated rings. The van der Waals surface area contributed by atoms with E-state index in [1.807, 2.05) is 0 Å². The summed E-state index contributed by atoms with van der Waals surface area (Å²) in [4.78, 5) is 7.65. The highest BCUT2D eigenvalue weighted by molar-refractivity contribution is 7.92. The largest absolute Gasteiger partial charge is 0.254 e. The highest BCUT2D eigenvalue weighted by atomic mass is 35.5. The summed E-state index contributed by atoms with van der Waals surface area (Å²) in [5, 5.41) is 0.0574. The van der Waals surface area contributed by atoms with Crippen LogP contribution in [0, 0.1) is 5.92 Å². The molecule has 1 saturated carbocycles. The van der Waals surface area contributed by atoms with E-state index in [1.54, 1.807) is 6.07 Å². The molecular weight excluding hydrogens is 250 g/mol. The Morgan fingerprint density at radius 2 is 2.25 bits per heavy atom. The van der Waals surface area contributed by atoms with Gasteiger partial charge in [0.05, 0.1) is 6.26 Å². The maximum Gasteiger partial charge on any atom is 0.233 e. The van der Waals surface area contributed by atoms with Gasteiger partial charge in [0, 0.05) is 18.8 Å². The average Bonchev–Trinajstić information content (AvgIpc) is 2.95. The summed E-state index contributed by atoms with van der Waals surface area (Å²) in [6.07, 6.45) is 4.77. The third kappa shape index (κ3) is 2.82. The third-order valence-electron chi connectivity index (χ3n) is 2.39. The van der Waals surface area contributed by atoms with Crippen LogP contribution in [0.5, 0.6) is 0 Å². The maximum atomic E-state index is 11.6. The normalized spacial score (nSPS) is 16.1. The Bertz CT molecular complexity index is 487. The lowest BCUT2D eigenvalue weighted by atomic mass is 10.4. The molecule has 5 nitrogen and oxygen atoms in total. The summed E-state index contributed by atoms with van der Waals surface area (Å²) in [5.74, 6) is 0.790. The number of hydrogen-bond donors (Lipinski definition) is 0. The van der Waals surface area contributed by atoms with Crippen LogP contribution in [0.3, 0.4) is 0 Å². The van der Waals surface area contributed by atoms with Crippen LogP contribution in [0.4, 0.5) is 5.82 Å². The predicted octanol–water partition coefficient (Wildman–Crippen LogP) is 1.31. The van der Waals surface area contributed by atoms with E-state index in [0.717, 1.165) is 12.8 Å². The predicted molar refractivity (Wildman–Crippen MR) is 62.0 cm³/mol. The molecule has 0 aromatic carbocycles. The van der Waals surface area contributed by atoms with Crippen LogP contribution < -0.4 is 4.31 Å². The van der Waals surface area contributed by atoms with Crippen molar-refractivity contribution in [2.75, 3.05) is 17.1 Å². The molecule has 1 aliphatic rings. The first-order valence-corrected chi connectivity index (χ1v) is 7.16. The number of aromatic nitrogens is 2. The SMILES string of the molecule is CS(=O)(=O)N(CC1CC1)c1ccnc(Cl)n1. The molecule has 0 aliphatic heterocycles. The van der Waals surface area contributed by atoms with Gasteiger partial charge in [0.25, 0.3) is 0 Å². The van der Waals surface area contributed by atoms with Gasteiger partial charge in [0.15, 0.2) is 0 Å². The lowest BCUT2D eigenvalue weighted by Crippen LogP contribution is -2.32. The number of rotatable bonds is 4. The maximum absolute atomic E-state index is 11.6. The van der Waals surface area contributed by atoms with Crippen LogP contribution in [0.2, 0.25) is 5.28 Å². The summed E-state index contributed by atoms with van der Waals surface area (Å²) in [6, 6.07) is 1.55. The van der Waals surface area contributed by atoms with Gasteiger partial charge in [-0.25, -0.2) is 13.4 Å². The highest BCUT2D eigenvalue weighted by Gasteiger charge is 2.29. The fourth-order valence-corrected chi connectivity index (χ4v) is 2.46. The van der Waals surface area contributed by atoms with Gasteiger partial charge >= 0.3 is 0 Å². The minimum Gasteiger partial charge on any atom is -0.254 e. The van der Waals surface area contributed by atoms with Crippen LogP contribution in [-0.4, -0.2) is 31.2 Å². The number of nitrogens with zero attached hydrogens (tertiary/aromatic N) is 3. The molecule has 2 rings (SSSR count). The van der Waals surface area contributed by atoms with E-state index in [9.17, 15) is 8.42 Å². The molecule has 1 aliphatic carbocycles. The minimum absolute atomic E-state index is 0.0574. The second kappa shape index (κ2) is 4.18. The quantitative estimate of drug-likeness (QED) is 0.767. The van der Waals surface area contributed by atoms with E-state index >= 15 is 0 Å². The molecule has 16 heavy (non-hydrogen) atoms. The Morgan fingerprint density at radius 3 is 2.75 bits per heavy atom. The van der Waals surface area contributed by atoms with Gasteiger partial charge in [-0.1, -0.05) is 0 Å².